The Morgan fingerprint density at radius 2 is 1.89 bits per heavy atom. The van der Waals surface area contributed by atoms with E-state index >= 15 is 0 Å². The first-order chi connectivity index (χ1) is 8.97. The summed E-state index contributed by atoms with van der Waals surface area (Å²) in [6.45, 7) is 9.06. The Kier molecular flexibility index (Phi) is 4.22. The van der Waals surface area contributed by atoms with Crippen molar-refractivity contribution in [2.24, 2.45) is 0 Å². The Balaban J connectivity index is 2.72. The van der Waals surface area contributed by atoms with Gasteiger partial charge >= 0.3 is 0 Å². The summed E-state index contributed by atoms with van der Waals surface area (Å²) in [6, 6.07) is 4.32. The third kappa shape index (κ3) is 2.52. The molecule has 0 amide bonds. The summed E-state index contributed by atoms with van der Waals surface area (Å²) in [5.74, 6) is 0. The van der Waals surface area contributed by atoms with E-state index in [1.807, 2.05) is 0 Å². The third-order valence-electron chi connectivity index (χ3n) is 3.81. The SMILES string of the molecule is CCCCn1c(Cl)c(C(C)O)c2cc(C)c(C)cc21. The monoisotopic (exact) mass is 279 g/mol. The van der Waals surface area contributed by atoms with Gasteiger partial charge in [0.2, 0.25) is 0 Å². The van der Waals surface area contributed by atoms with Gasteiger partial charge in [-0.05, 0) is 50.5 Å². The molecule has 0 saturated heterocycles. The molecule has 19 heavy (non-hydrogen) atoms. The fourth-order valence-electron chi connectivity index (χ4n) is 2.53. The van der Waals surface area contributed by atoms with Gasteiger partial charge in [0, 0.05) is 23.0 Å². The summed E-state index contributed by atoms with van der Waals surface area (Å²) in [5.41, 5.74) is 4.49. The van der Waals surface area contributed by atoms with Gasteiger partial charge in [-0.3, -0.25) is 0 Å². The second kappa shape index (κ2) is 5.56. The molecule has 1 heterocycles. The predicted octanol–water partition coefficient (Wildman–Crippen LogP) is 4.76. The Labute approximate surface area is 120 Å². The molecule has 0 aliphatic carbocycles. The number of aromatic nitrogens is 1. The van der Waals surface area contributed by atoms with E-state index in [9.17, 15) is 5.11 Å². The number of aliphatic hydroxyl groups is 1. The lowest BCUT2D eigenvalue weighted by Gasteiger charge is -2.07. The van der Waals surface area contributed by atoms with Crippen molar-refractivity contribution in [3.63, 3.8) is 0 Å². The standard InChI is InChI=1S/C16H22ClNO/c1-5-6-7-18-14-9-11(3)10(2)8-13(14)15(12(4)19)16(18)17/h8-9,12,19H,5-7H2,1-4H3. The van der Waals surface area contributed by atoms with Gasteiger partial charge in [0.15, 0.2) is 0 Å². The number of hydrogen-bond acceptors (Lipinski definition) is 1. The Bertz CT molecular complexity index is 599. The molecule has 3 heteroatoms. The van der Waals surface area contributed by atoms with Crippen LogP contribution in [0.15, 0.2) is 12.1 Å². The Morgan fingerprint density at radius 3 is 2.47 bits per heavy atom. The number of halogens is 1. The van der Waals surface area contributed by atoms with E-state index in [2.05, 4.69) is 37.5 Å². The van der Waals surface area contributed by atoms with Crippen LogP contribution in [0, 0.1) is 13.8 Å². The highest BCUT2D eigenvalue weighted by molar-refractivity contribution is 6.32. The highest BCUT2D eigenvalue weighted by atomic mass is 35.5. The number of fused-ring (bicyclic) bond motifs is 1. The van der Waals surface area contributed by atoms with Crippen molar-refractivity contribution in [3.05, 3.63) is 34.0 Å². The van der Waals surface area contributed by atoms with Crippen LogP contribution in [0.25, 0.3) is 10.9 Å². The fraction of sp³-hybridized carbons (Fsp3) is 0.500. The zero-order valence-electron chi connectivity index (χ0n) is 12.1. The van der Waals surface area contributed by atoms with E-state index in [-0.39, 0.29) is 0 Å². The fourth-order valence-corrected chi connectivity index (χ4v) is 2.97. The quantitative estimate of drug-likeness (QED) is 0.857. The molecule has 104 valence electrons. The number of rotatable bonds is 4. The average molecular weight is 280 g/mol. The van der Waals surface area contributed by atoms with E-state index in [0.717, 1.165) is 35.9 Å². The van der Waals surface area contributed by atoms with Crippen LogP contribution in [0.4, 0.5) is 0 Å². The molecular weight excluding hydrogens is 258 g/mol. The molecule has 0 saturated carbocycles. The molecule has 0 aliphatic rings. The topological polar surface area (TPSA) is 25.2 Å². The molecule has 1 aromatic carbocycles. The van der Waals surface area contributed by atoms with Gasteiger partial charge in [0.05, 0.1) is 6.10 Å². The van der Waals surface area contributed by atoms with Gasteiger partial charge in [0.25, 0.3) is 0 Å². The van der Waals surface area contributed by atoms with Crippen molar-refractivity contribution >= 4 is 22.5 Å². The first-order valence-corrected chi connectivity index (χ1v) is 7.32. The maximum atomic E-state index is 10.0. The van der Waals surface area contributed by atoms with Crippen LogP contribution in [-0.4, -0.2) is 9.67 Å². The predicted molar refractivity (Wildman–Crippen MR) is 82.0 cm³/mol. The molecule has 2 nitrogen and oxygen atoms in total. The lowest BCUT2D eigenvalue weighted by Crippen LogP contribution is -1.98. The van der Waals surface area contributed by atoms with E-state index < -0.39 is 6.10 Å². The molecule has 1 N–H and O–H groups in total. The molecular formula is C16H22ClNO. The van der Waals surface area contributed by atoms with E-state index in [4.69, 9.17) is 11.6 Å². The van der Waals surface area contributed by atoms with E-state index in [1.165, 1.54) is 11.1 Å². The molecule has 0 radical (unpaired) electrons. The first kappa shape index (κ1) is 14.4. The summed E-state index contributed by atoms with van der Waals surface area (Å²) in [7, 11) is 0. The molecule has 0 bridgehead atoms. The van der Waals surface area contributed by atoms with Crippen molar-refractivity contribution in [1.82, 2.24) is 4.57 Å². The van der Waals surface area contributed by atoms with Gasteiger partial charge in [0.1, 0.15) is 5.15 Å². The summed E-state index contributed by atoms with van der Waals surface area (Å²) in [4.78, 5) is 0. The van der Waals surface area contributed by atoms with Crippen LogP contribution in [0.2, 0.25) is 5.15 Å². The number of unbranched alkanes of at least 4 members (excludes halogenated alkanes) is 1. The van der Waals surface area contributed by atoms with Crippen LogP contribution >= 0.6 is 11.6 Å². The number of hydrogen-bond donors (Lipinski definition) is 1. The van der Waals surface area contributed by atoms with Crippen molar-refractivity contribution in [3.8, 4) is 0 Å². The van der Waals surface area contributed by atoms with Crippen LogP contribution in [0.3, 0.4) is 0 Å². The van der Waals surface area contributed by atoms with Gasteiger partial charge in [-0.25, -0.2) is 0 Å². The zero-order chi connectivity index (χ0) is 14.2. The van der Waals surface area contributed by atoms with Gasteiger partial charge in [-0.1, -0.05) is 24.9 Å². The highest BCUT2D eigenvalue weighted by Gasteiger charge is 2.19. The van der Waals surface area contributed by atoms with E-state index in [0.29, 0.717) is 5.15 Å². The molecule has 0 fully saturated rings. The van der Waals surface area contributed by atoms with Crippen LogP contribution in [0.1, 0.15) is 49.5 Å². The molecule has 1 aromatic heterocycles. The van der Waals surface area contributed by atoms with Crippen molar-refractivity contribution in [2.75, 3.05) is 0 Å². The summed E-state index contributed by atoms with van der Waals surface area (Å²) in [5, 5.41) is 11.8. The lowest BCUT2D eigenvalue weighted by molar-refractivity contribution is 0.200. The normalized spacial score (nSPS) is 13.2. The largest absolute Gasteiger partial charge is 0.389 e. The molecule has 0 spiro atoms. The van der Waals surface area contributed by atoms with Gasteiger partial charge in [-0.2, -0.15) is 0 Å². The van der Waals surface area contributed by atoms with Crippen LogP contribution < -0.4 is 0 Å². The van der Waals surface area contributed by atoms with Crippen molar-refractivity contribution < 1.29 is 5.11 Å². The first-order valence-electron chi connectivity index (χ1n) is 6.94. The smallest absolute Gasteiger partial charge is 0.115 e. The average Bonchev–Trinajstić information content (AvgIpc) is 2.59. The maximum absolute atomic E-state index is 10.0. The summed E-state index contributed by atoms with van der Waals surface area (Å²) >= 11 is 6.49. The summed E-state index contributed by atoms with van der Waals surface area (Å²) in [6.07, 6.45) is 1.68. The number of aliphatic hydroxyl groups excluding tert-OH is 1. The number of benzene rings is 1. The minimum Gasteiger partial charge on any atom is -0.389 e. The van der Waals surface area contributed by atoms with Crippen LogP contribution in [-0.2, 0) is 6.54 Å². The third-order valence-corrected chi connectivity index (χ3v) is 4.21. The maximum Gasteiger partial charge on any atom is 0.115 e. The van der Waals surface area contributed by atoms with Crippen LogP contribution in [0.5, 0.6) is 0 Å². The second-order valence-corrected chi connectivity index (χ2v) is 5.70. The second-order valence-electron chi connectivity index (χ2n) is 5.34. The summed E-state index contributed by atoms with van der Waals surface area (Å²) < 4.78 is 2.13. The van der Waals surface area contributed by atoms with Crippen molar-refractivity contribution in [2.45, 2.75) is 53.2 Å². The number of nitrogens with zero attached hydrogens (tertiary/aromatic N) is 1. The molecule has 2 rings (SSSR count). The molecule has 2 aromatic rings. The number of aryl methyl sites for hydroxylation is 3. The molecule has 1 unspecified atom stereocenters. The minimum absolute atomic E-state index is 0.542. The van der Waals surface area contributed by atoms with Gasteiger partial charge < -0.3 is 9.67 Å². The lowest BCUT2D eigenvalue weighted by atomic mass is 10.0. The molecule has 0 aliphatic heterocycles. The van der Waals surface area contributed by atoms with Gasteiger partial charge in [-0.15, -0.1) is 0 Å². The highest BCUT2D eigenvalue weighted by Crippen LogP contribution is 2.36. The van der Waals surface area contributed by atoms with E-state index in [1.54, 1.807) is 6.92 Å². The van der Waals surface area contributed by atoms with Crippen molar-refractivity contribution in [1.29, 1.82) is 0 Å². The zero-order valence-corrected chi connectivity index (χ0v) is 12.9. The molecule has 1 atom stereocenters. The Hall–Kier alpha value is -0.990. The Morgan fingerprint density at radius 1 is 1.26 bits per heavy atom. The minimum atomic E-state index is -0.542.